The Hall–Kier alpha value is -1.07. The van der Waals surface area contributed by atoms with Crippen molar-refractivity contribution in [3.63, 3.8) is 0 Å². The molecule has 1 aromatic rings. The highest BCUT2D eigenvalue weighted by molar-refractivity contribution is 5.41. The van der Waals surface area contributed by atoms with Crippen LogP contribution in [0.4, 0.5) is 13.2 Å². The van der Waals surface area contributed by atoms with Crippen molar-refractivity contribution in [3.05, 3.63) is 34.4 Å². The number of hydrogen-bond donors (Lipinski definition) is 1. The molecule has 0 aliphatic carbocycles. The largest absolute Gasteiger partial charge is 0.416 e. The lowest BCUT2D eigenvalue weighted by Crippen LogP contribution is -2.40. The van der Waals surface area contributed by atoms with Crippen LogP contribution in [0.3, 0.4) is 0 Å². The first-order chi connectivity index (χ1) is 9.62. The quantitative estimate of drug-likeness (QED) is 0.854. The standard InChI is InChI=1S/C16H24F3NO/c1-6-13-11(2)14(16(17,18)19)8-7-12(13)9-21-10-15(3,4)20-5/h7-8,20H,6,9-10H2,1-5H3. The first-order valence-corrected chi connectivity index (χ1v) is 7.07. The van der Waals surface area contributed by atoms with Gasteiger partial charge in [-0.05, 0) is 57.0 Å². The zero-order valence-electron chi connectivity index (χ0n) is 13.3. The molecule has 120 valence electrons. The van der Waals surface area contributed by atoms with Gasteiger partial charge >= 0.3 is 6.18 Å². The maximum absolute atomic E-state index is 12.9. The van der Waals surface area contributed by atoms with E-state index < -0.39 is 11.7 Å². The van der Waals surface area contributed by atoms with E-state index >= 15 is 0 Å². The fourth-order valence-corrected chi connectivity index (χ4v) is 2.24. The predicted molar refractivity (Wildman–Crippen MR) is 78.4 cm³/mol. The lowest BCUT2D eigenvalue weighted by molar-refractivity contribution is -0.138. The van der Waals surface area contributed by atoms with Crippen LogP contribution >= 0.6 is 0 Å². The van der Waals surface area contributed by atoms with Crippen molar-refractivity contribution in [2.45, 2.75) is 52.4 Å². The summed E-state index contributed by atoms with van der Waals surface area (Å²) in [6.07, 6.45) is -3.74. The van der Waals surface area contributed by atoms with Crippen LogP contribution in [0.25, 0.3) is 0 Å². The molecule has 21 heavy (non-hydrogen) atoms. The highest BCUT2D eigenvalue weighted by Gasteiger charge is 2.33. The van der Waals surface area contributed by atoms with Crippen LogP contribution in [0, 0.1) is 6.92 Å². The van der Waals surface area contributed by atoms with E-state index in [1.807, 2.05) is 27.8 Å². The topological polar surface area (TPSA) is 21.3 Å². The van der Waals surface area contributed by atoms with E-state index in [0.717, 1.165) is 17.2 Å². The normalized spacial score (nSPS) is 12.8. The molecule has 0 saturated heterocycles. The minimum Gasteiger partial charge on any atom is -0.375 e. The molecule has 0 aromatic heterocycles. The number of alkyl halides is 3. The van der Waals surface area contributed by atoms with Gasteiger partial charge in [0.05, 0.1) is 18.8 Å². The van der Waals surface area contributed by atoms with Crippen molar-refractivity contribution < 1.29 is 17.9 Å². The first-order valence-electron chi connectivity index (χ1n) is 7.07. The molecule has 1 rings (SSSR count). The molecule has 1 aromatic carbocycles. The average molecular weight is 303 g/mol. The lowest BCUT2D eigenvalue weighted by Gasteiger charge is -2.24. The van der Waals surface area contributed by atoms with Crippen molar-refractivity contribution in [3.8, 4) is 0 Å². The number of nitrogens with one attached hydrogen (secondary N) is 1. The zero-order chi connectivity index (χ0) is 16.3. The molecule has 0 unspecified atom stereocenters. The van der Waals surface area contributed by atoms with E-state index in [2.05, 4.69) is 5.32 Å². The van der Waals surface area contributed by atoms with Gasteiger partial charge in [0.25, 0.3) is 0 Å². The monoisotopic (exact) mass is 303 g/mol. The van der Waals surface area contributed by atoms with Crippen LogP contribution in [0.1, 0.15) is 43.0 Å². The molecule has 0 heterocycles. The number of rotatable bonds is 6. The Morgan fingerprint density at radius 3 is 2.29 bits per heavy atom. The highest BCUT2D eigenvalue weighted by atomic mass is 19.4. The lowest BCUT2D eigenvalue weighted by atomic mass is 9.95. The Morgan fingerprint density at radius 2 is 1.81 bits per heavy atom. The maximum Gasteiger partial charge on any atom is 0.416 e. The third-order valence-corrected chi connectivity index (χ3v) is 3.75. The van der Waals surface area contributed by atoms with Crippen molar-refractivity contribution in [2.24, 2.45) is 0 Å². The summed E-state index contributed by atoms with van der Waals surface area (Å²) >= 11 is 0. The molecule has 0 amide bonds. The second kappa shape index (κ2) is 6.79. The summed E-state index contributed by atoms with van der Waals surface area (Å²) in [5.41, 5.74) is 1.15. The third kappa shape index (κ3) is 4.71. The van der Waals surface area contributed by atoms with E-state index in [1.165, 1.54) is 13.0 Å². The Kier molecular flexibility index (Phi) is 5.82. The first kappa shape index (κ1) is 18.0. The Labute approximate surface area is 124 Å². The highest BCUT2D eigenvalue weighted by Crippen LogP contribution is 2.34. The van der Waals surface area contributed by atoms with Gasteiger partial charge in [0, 0.05) is 5.54 Å². The summed E-state index contributed by atoms with van der Waals surface area (Å²) in [6.45, 7) is 8.23. The number of hydrogen-bond acceptors (Lipinski definition) is 2. The molecule has 5 heteroatoms. The predicted octanol–water partition coefficient (Wildman–Crippen LogP) is 4.09. The summed E-state index contributed by atoms with van der Waals surface area (Å²) in [6, 6.07) is 2.68. The van der Waals surface area contributed by atoms with Gasteiger partial charge in [0.2, 0.25) is 0 Å². The molecule has 1 N–H and O–H groups in total. The maximum atomic E-state index is 12.9. The Bertz CT molecular complexity index is 481. The van der Waals surface area contributed by atoms with E-state index in [4.69, 9.17) is 4.74 Å². The minimum atomic E-state index is -4.30. The molecule has 2 nitrogen and oxygen atoms in total. The third-order valence-electron chi connectivity index (χ3n) is 3.75. The van der Waals surface area contributed by atoms with Gasteiger partial charge in [-0.3, -0.25) is 0 Å². The van der Waals surface area contributed by atoms with Gasteiger partial charge in [-0.1, -0.05) is 13.0 Å². The van der Waals surface area contributed by atoms with Crippen molar-refractivity contribution in [1.82, 2.24) is 5.32 Å². The number of benzene rings is 1. The molecule has 0 spiro atoms. The number of ether oxygens (including phenoxy) is 1. The summed E-state index contributed by atoms with van der Waals surface area (Å²) in [5.74, 6) is 0. The van der Waals surface area contributed by atoms with Gasteiger partial charge in [0.15, 0.2) is 0 Å². The van der Waals surface area contributed by atoms with Crippen LogP contribution in [0.5, 0.6) is 0 Å². The summed E-state index contributed by atoms with van der Waals surface area (Å²) in [4.78, 5) is 0. The molecule has 0 aliphatic heterocycles. The van der Waals surface area contributed by atoms with Crippen LogP contribution in [0.2, 0.25) is 0 Å². The van der Waals surface area contributed by atoms with Gasteiger partial charge in [0.1, 0.15) is 0 Å². The average Bonchev–Trinajstić information content (AvgIpc) is 2.37. The van der Waals surface area contributed by atoms with Gasteiger partial charge < -0.3 is 10.1 Å². The van der Waals surface area contributed by atoms with Crippen LogP contribution < -0.4 is 5.32 Å². The molecular weight excluding hydrogens is 279 g/mol. The molecule has 0 fully saturated rings. The van der Waals surface area contributed by atoms with E-state index in [1.54, 1.807) is 0 Å². The second-order valence-corrected chi connectivity index (χ2v) is 5.85. The fraction of sp³-hybridized carbons (Fsp3) is 0.625. The molecular formula is C16H24F3NO. The van der Waals surface area contributed by atoms with E-state index in [-0.39, 0.29) is 5.54 Å². The number of likely N-dealkylation sites (N-methyl/N-ethyl adjacent to an activating group) is 1. The van der Waals surface area contributed by atoms with Gasteiger partial charge in [-0.25, -0.2) is 0 Å². The zero-order valence-corrected chi connectivity index (χ0v) is 13.3. The van der Waals surface area contributed by atoms with Crippen LogP contribution in [-0.4, -0.2) is 19.2 Å². The molecule has 0 atom stereocenters. The minimum absolute atomic E-state index is 0.159. The van der Waals surface area contributed by atoms with Crippen molar-refractivity contribution >= 4 is 0 Å². The summed E-state index contributed by atoms with van der Waals surface area (Å²) in [5, 5.41) is 3.12. The molecule has 0 aliphatic rings. The smallest absolute Gasteiger partial charge is 0.375 e. The van der Waals surface area contributed by atoms with Gasteiger partial charge in [-0.2, -0.15) is 13.2 Å². The fourth-order valence-electron chi connectivity index (χ4n) is 2.24. The van der Waals surface area contributed by atoms with Crippen molar-refractivity contribution in [2.75, 3.05) is 13.7 Å². The molecule has 0 radical (unpaired) electrons. The molecule has 0 saturated carbocycles. The molecule has 0 bridgehead atoms. The van der Waals surface area contributed by atoms with Crippen LogP contribution in [0.15, 0.2) is 12.1 Å². The Balaban J connectivity index is 2.92. The van der Waals surface area contributed by atoms with E-state index in [9.17, 15) is 13.2 Å². The van der Waals surface area contributed by atoms with E-state index in [0.29, 0.717) is 25.2 Å². The number of halogens is 3. The Morgan fingerprint density at radius 1 is 1.19 bits per heavy atom. The summed E-state index contributed by atoms with van der Waals surface area (Å²) in [7, 11) is 1.85. The van der Waals surface area contributed by atoms with Gasteiger partial charge in [-0.15, -0.1) is 0 Å². The summed E-state index contributed by atoms with van der Waals surface area (Å²) < 4.78 is 44.4. The van der Waals surface area contributed by atoms with Crippen molar-refractivity contribution in [1.29, 1.82) is 0 Å². The SMILES string of the molecule is CCc1c(COCC(C)(C)NC)ccc(C(F)(F)F)c1C. The second-order valence-electron chi connectivity index (χ2n) is 5.85. The van der Waals surface area contributed by atoms with Crippen LogP contribution in [-0.2, 0) is 23.9 Å².